The number of nitrogens with one attached hydrogen (secondary N) is 2. The topological polar surface area (TPSA) is 115 Å². The summed E-state index contributed by atoms with van der Waals surface area (Å²) in [5, 5.41) is 7.79. The van der Waals surface area contributed by atoms with Crippen molar-refractivity contribution >= 4 is 51.6 Å². The van der Waals surface area contributed by atoms with Crippen LogP contribution in [0.2, 0.25) is 5.02 Å². The first-order valence-corrected chi connectivity index (χ1v) is 14.9. The van der Waals surface area contributed by atoms with Crippen molar-refractivity contribution in [2.24, 2.45) is 0 Å². The van der Waals surface area contributed by atoms with E-state index in [1.165, 1.54) is 7.11 Å². The number of methoxy groups -OCH3 is 1. The fraction of sp³-hybridized carbons (Fsp3) is 0.303. The van der Waals surface area contributed by atoms with E-state index in [9.17, 15) is 9.59 Å². The highest BCUT2D eigenvalue weighted by atomic mass is 35.5. The normalized spacial score (nSPS) is 16.2. The molecule has 2 aromatic heterocycles. The number of benzene rings is 2. The standard InChI is InChI=1S/C33H33ClN4O6/c1-41-33(40)22-6-8-27(28(18-22)35-19-24-11-15-42-24)36-30(39)17-21-9-13-38(14-10-21)29-3-2-4-31(37-29)44-20-23-5-7-26(34)25-12-16-43-32(23)25/h2-9,12,16,18,24,35H,10-11,13-15,17,19-20H2,1H3,(H,36,39)/t24-/m0/s1. The number of nitrogens with zero attached hydrogens (tertiary/aromatic N) is 2. The van der Waals surface area contributed by atoms with E-state index >= 15 is 0 Å². The lowest BCUT2D eigenvalue weighted by Crippen LogP contribution is -2.33. The van der Waals surface area contributed by atoms with Crippen molar-refractivity contribution < 1.29 is 28.2 Å². The molecule has 1 atom stereocenters. The minimum Gasteiger partial charge on any atom is -0.473 e. The summed E-state index contributed by atoms with van der Waals surface area (Å²) in [5.74, 6) is 0.752. The van der Waals surface area contributed by atoms with Gasteiger partial charge >= 0.3 is 5.97 Å². The third-order valence-electron chi connectivity index (χ3n) is 7.77. The molecule has 4 heterocycles. The van der Waals surface area contributed by atoms with E-state index in [2.05, 4.69) is 21.6 Å². The van der Waals surface area contributed by atoms with E-state index in [4.69, 9.17) is 35.2 Å². The SMILES string of the molecule is COC(=O)c1ccc(NC(=O)CC2=CCN(c3cccc(OCc4ccc(Cl)c5ccoc45)n3)CC2)c(NC[C@@H]2CCO2)c1. The van der Waals surface area contributed by atoms with Crippen LogP contribution < -0.4 is 20.3 Å². The highest BCUT2D eigenvalue weighted by Gasteiger charge is 2.20. The molecular weight excluding hydrogens is 584 g/mol. The second-order valence-electron chi connectivity index (χ2n) is 10.7. The zero-order chi connectivity index (χ0) is 30.5. The molecule has 1 amide bonds. The third kappa shape index (κ3) is 6.82. The summed E-state index contributed by atoms with van der Waals surface area (Å²) in [6, 6.07) is 16.3. The number of halogens is 1. The summed E-state index contributed by atoms with van der Waals surface area (Å²) in [6.45, 7) is 2.99. The number of aromatic nitrogens is 1. The molecule has 2 aliphatic rings. The Hall–Kier alpha value is -4.54. The monoisotopic (exact) mass is 616 g/mol. The van der Waals surface area contributed by atoms with Crippen molar-refractivity contribution in [3.05, 3.63) is 88.7 Å². The van der Waals surface area contributed by atoms with E-state index < -0.39 is 5.97 Å². The predicted molar refractivity (Wildman–Crippen MR) is 169 cm³/mol. The maximum Gasteiger partial charge on any atom is 0.337 e. The Morgan fingerprint density at radius 1 is 1.14 bits per heavy atom. The van der Waals surface area contributed by atoms with Crippen molar-refractivity contribution in [3.63, 3.8) is 0 Å². The summed E-state index contributed by atoms with van der Waals surface area (Å²) >= 11 is 6.26. The lowest BCUT2D eigenvalue weighted by molar-refractivity contribution is -0.115. The number of anilines is 3. The minimum atomic E-state index is -0.439. The Balaban J connectivity index is 1.05. The number of pyridine rings is 1. The van der Waals surface area contributed by atoms with Crippen LogP contribution in [0.25, 0.3) is 11.0 Å². The molecule has 1 fully saturated rings. The number of fused-ring (bicyclic) bond motifs is 1. The van der Waals surface area contributed by atoms with Crippen molar-refractivity contribution in [1.29, 1.82) is 0 Å². The number of carbonyl (C=O) groups excluding carboxylic acids is 2. The number of rotatable bonds is 11. The zero-order valence-corrected chi connectivity index (χ0v) is 25.1. The summed E-state index contributed by atoms with van der Waals surface area (Å²) in [6.07, 6.45) is 5.79. The van der Waals surface area contributed by atoms with E-state index in [0.29, 0.717) is 53.1 Å². The molecule has 1 saturated heterocycles. The molecule has 6 rings (SSSR count). The number of ether oxygens (including phenoxy) is 3. The maximum absolute atomic E-state index is 13.0. The second-order valence-corrected chi connectivity index (χ2v) is 11.1. The molecule has 2 aliphatic heterocycles. The van der Waals surface area contributed by atoms with E-state index in [-0.39, 0.29) is 18.4 Å². The third-order valence-corrected chi connectivity index (χ3v) is 8.10. The van der Waals surface area contributed by atoms with Crippen LogP contribution in [0.4, 0.5) is 17.2 Å². The van der Waals surface area contributed by atoms with E-state index in [0.717, 1.165) is 48.3 Å². The minimum absolute atomic E-state index is 0.119. The molecule has 2 aromatic carbocycles. The average Bonchev–Trinajstić information content (AvgIpc) is 3.52. The van der Waals surface area contributed by atoms with Gasteiger partial charge in [-0.1, -0.05) is 35.4 Å². The molecule has 0 saturated carbocycles. The van der Waals surface area contributed by atoms with Crippen molar-refractivity contribution in [2.75, 3.05) is 48.9 Å². The molecule has 0 bridgehead atoms. The van der Waals surface area contributed by atoms with Crippen LogP contribution in [0.3, 0.4) is 0 Å². The van der Waals surface area contributed by atoms with Gasteiger partial charge in [-0.15, -0.1) is 0 Å². The van der Waals surface area contributed by atoms with E-state index in [1.54, 1.807) is 24.5 Å². The van der Waals surface area contributed by atoms with Crippen LogP contribution in [0.5, 0.6) is 5.88 Å². The zero-order valence-electron chi connectivity index (χ0n) is 24.3. The molecule has 2 N–H and O–H groups in total. The largest absolute Gasteiger partial charge is 0.473 e. The van der Waals surface area contributed by atoms with Gasteiger partial charge in [0.25, 0.3) is 0 Å². The molecular formula is C33H33ClN4O6. The van der Waals surface area contributed by atoms with Gasteiger partial charge in [0.05, 0.1) is 41.4 Å². The number of hydrogen-bond donors (Lipinski definition) is 2. The first-order valence-electron chi connectivity index (χ1n) is 14.5. The van der Waals surface area contributed by atoms with Gasteiger partial charge in [-0.2, -0.15) is 4.98 Å². The lowest BCUT2D eigenvalue weighted by Gasteiger charge is -2.28. The predicted octanol–water partition coefficient (Wildman–Crippen LogP) is 6.21. The van der Waals surface area contributed by atoms with Gasteiger partial charge < -0.3 is 34.2 Å². The first-order chi connectivity index (χ1) is 21.5. The van der Waals surface area contributed by atoms with Gasteiger partial charge in [0.2, 0.25) is 11.8 Å². The molecule has 228 valence electrons. The van der Waals surface area contributed by atoms with Gasteiger partial charge in [0, 0.05) is 49.7 Å². The summed E-state index contributed by atoms with van der Waals surface area (Å²) < 4.78 is 22.0. The van der Waals surface area contributed by atoms with Gasteiger partial charge in [-0.25, -0.2) is 4.79 Å². The molecule has 0 aliphatic carbocycles. The van der Waals surface area contributed by atoms with Crippen molar-refractivity contribution in [1.82, 2.24) is 4.98 Å². The van der Waals surface area contributed by atoms with Crippen molar-refractivity contribution in [3.8, 4) is 5.88 Å². The number of esters is 1. The molecule has 0 unspecified atom stereocenters. The Morgan fingerprint density at radius 2 is 2.02 bits per heavy atom. The number of hydrogen-bond acceptors (Lipinski definition) is 9. The molecule has 0 spiro atoms. The lowest BCUT2D eigenvalue weighted by atomic mass is 10.0. The van der Waals surface area contributed by atoms with Crippen LogP contribution in [0, 0.1) is 0 Å². The fourth-order valence-corrected chi connectivity index (χ4v) is 5.42. The van der Waals surface area contributed by atoms with Crippen LogP contribution >= 0.6 is 11.6 Å². The molecule has 44 heavy (non-hydrogen) atoms. The second kappa shape index (κ2) is 13.4. The smallest absolute Gasteiger partial charge is 0.337 e. The van der Waals surface area contributed by atoms with Gasteiger partial charge in [0.15, 0.2) is 0 Å². The van der Waals surface area contributed by atoms with Crippen LogP contribution in [0.15, 0.2) is 76.9 Å². The summed E-state index contributed by atoms with van der Waals surface area (Å²) in [5.41, 5.74) is 4.31. The van der Waals surface area contributed by atoms with Gasteiger partial charge in [0.1, 0.15) is 18.0 Å². The molecule has 10 nitrogen and oxygen atoms in total. The van der Waals surface area contributed by atoms with Gasteiger partial charge in [-0.3, -0.25) is 4.79 Å². The highest BCUT2D eigenvalue weighted by Crippen LogP contribution is 2.29. The average molecular weight is 617 g/mol. The summed E-state index contributed by atoms with van der Waals surface area (Å²) in [7, 11) is 1.34. The Labute approximate surface area is 259 Å². The van der Waals surface area contributed by atoms with E-state index in [1.807, 2.05) is 36.4 Å². The number of carbonyl (C=O) groups is 2. The highest BCUT2D eigenvalue weighted by molar-refractivity contribution is 6.35. The van der Waals surface area contributed by atoms with Crippen LogP contribution in [0.1, 0.15) is 35.2 Å². The number of furan rings is 1. The van der Waals surface area contributed by atoms with Crippen LogP contribution in [-0.4, -0.2) is 56.3 Å². The molecule has 4 aromatic rings. The molecule has 0 radical (unpaired) electrons. The Bertz CT molecular complexity index is 1700. The van der Waals surface area contributed by atoms with Crippen LogP contribution in [-0.2, 0) is 20.9 Å². The molecule has 11 heteroatoms. The Kier molecular flexibility index (Phi) is 8.99. The Morgan fingerprint density at radius 3 is 2.80 bits per heavy atom. The summed E-state index contributed by atoms with van der Waals surface area (Å²) in [4.78, 5) is 31.9. The number of amides is 1. The quantitative estimate of drug-likeness (QED) is 0.150. The fourth-order valence-electron chi connectivity index (χ4n) is 5.21. The van der Waals surface area contributed by atoms with Gasteiger partial charge in [-0.05, 0) is 49.2 Å². The van der Waals surface area contributed by atoms with Crippen molar-refractivity contribution in [2.45, 2.75) is 32.0 Å². The maximum atomic E-state index is 13.0. The first kappa shape index (κ1) is 29.5.